The molecule has 0 aliphatic heterocycles. The van der Waals surface area contributed by atoms with E-state index in [1.165, 1.54) is 29.2 Å². The second-order valence-electron chi connectivity index (χ2n) is 5.82. The minimum Gasteiger partial charge on any atom is -0.322 e. The van der Waals surface area contributed by atoms with Crippen LogP contribution in [0, 0.1) is 11.3 Å². The maximum absolute atomic E-state index is 12.5. The molecule has 7 heteroatoms. The molecule has 0 aromatic heterocycles. The van der Waals surface area contributed by atoms with Crippen LogP contribution < -0.4 is 4.72 Å². The van der Waals surface area contributed by atoms with Crippen molar-refractivity contribution in [2.24, 2.45) is 0 Å². The number of rotatable bonds is 6. The smallest absolute Gasteiger partial charge is 0.261 e. The van der Waals surface area contributed by atoms with Crippen molar-refractivity contribution in [3.63, 3.8) is 0 Å². The lowest BCUT2D eigenvalue weighted by Gasteiger charge is -2.19. The van der Waals surface area contributed by atoms with Gasteiger partial charge in [0.1, 0.15) is 6.54 Å². The second-order valence-corrected chi connectivity index (χ2v) is 7.50. The summed E-state index contributed by atoms with van der Waals surface area (Å²) in [5.41, 5.74) is 0.845. The fourth-order valence-corrected chi connectivity index (χ4v) is 3.55. The molecule has 0 saturated heterocycles. The van der Waals surface area contributed by atoms with E-state index in [-0.39, 0.29) is 23.4 Å². The van der Waals surface area contributed by atoms with Crippen LogP contribution in [-0.2, 0) is 10.0 Å². The average molecular weight is 355 g/mol. The van der Waals surface area contributed by atoms with Gasteiger partial charge in [0.15, 0.2) is 0 Å². The third-order valence-electron chi connectivity index (χ3n) is 3.93. The van der Waals surface area contributed by atoms with E-state index in [1.54, 1.807) is 30.3 Å². The van der Waals surface area contributed by atoms with Gasteiger partial charge in [0.2, 0.25) is 0 Å². The molecule has 1 aliphatic carbocycles. The number of benzene rings is 2. The highest BCUT2D eigenvalue weighted by atomic mass is 32.2. The Labute approximate surface area is 146 Å². The molecule has 3 rings (SSSR count). The highest BCUT2D eigenvalue weighted by Crippen LogP contribution is 2.28. The van der Waals surface area contributed by atoms with Crippen molar-refractivity contribution in [1.82, 2.24) is 4.90 Å². The molecular weight excluding hydrogens is 338 g/mol. The third-order valence-corrected chi connectivity index (χ3v) is 5.32. The van der Waals surface area contributed by atoms with Crippen LogP contribution in [0.25, 0.3) is 0 Å². The molecule has 1 aliphatic rings. The van der Waals surface area contributed by atoms with E-state index in [0.717, 1.165) is 12.8 Å². The quantitative estimate of drug-likeness (QED) is 0.807. The van der Waals surface area contributed by atoms with E-state index in [9.17, 15) is 13.2 Å². The molecule has 0 bridgehead atoms. The number of carbonyl (C=O) groups is 1. The Bertz CT molecular complexity index is 899. The third kappa shape index (κ3) is 3.98. The van der Waals surface area contributed by atoms with Gasteiger partial charge in [0, 0.05) is 17.3 Å². The molecule has 1 saturated carbocycles. The van der Waals surface area contributed by atoms with Gasteiger partial charge in [-0.1, -0.05) is 18.2 Å². The number of hydrogen-bond acceptors (Lipinski definition) is 4. The van der Waals surface area contributed by atoms with Gasteiger partial charge < -0.3 is 4.90 Å². The van der Waals surface area contributed by atoms with E-state index in [2.05, 4.69) is 4.72 Å². The standard InChI is InChI=1S/C18H17N3O3S/c19-12-13-21(16-8-9-16)18(22)14-6-10-17(11-7-14)25(23,24)20-15-4-2-1-3-5-15/h1-7,10-11,16,20H,8-9,13H2. The number of nitrogens with one attached hydrogen (secondary N) is 1. The maximum atomic E-state index is 12.5. The predicted molar refractivity (Wildman–Crippen MR) is 93.4 cm³/mol. The lowest BCUT2D eigenvalue weighted by Crippen LogP contribution is -2.33. The summed E-state index contributed by atoms with van der Waals surface area (Å²) >= 11 is 0. The normalized spacial score (nSPS) is 13.7. The highest BCUT2D eigenvalue weighted by molar-refractivity contribution is 7.92. The number of hydrogen-bond donors (Lipinski definition) is 1. The molecule has 2 aromatic carbocycles. The molecule has 25 heavy (non-hydrogen) atoms. The molecule has 1 N–H and O–H groups in total. The topological polar surface area (TPSA) is 90.3 Å². The lowest BCUT2D eigenvalue weighted by molar-refractivity contribution is 0.0765. The van der Waals surface area contributed by atoms with Crippen molar-refractivity contribution >= 4 is 21.6 Å². The zero-order chi connectivity index (χ0) is 17.9. The first kappa shape index (κ1) is 17.0. The molecule has 1 fully saturated rings. The van der Waals surface area contributed by atoms with E-state index >= 15 is 0 Å². The molecule has 0 unspecified atom stereocenters. The predicted octanol–water partition coefficient (Wildman–Crippen LogP) is 2.62. The molecule has 1 amide bonds. The Balaban J connectivity index is 1.77. The van der Waals surface area contributed by atoms with E-state index in [4.69, 9.17) is 5.26 Å². The number of para-hydroxylation sites is 1. The van der Waals surface area contributed by atoms with Crippen LogP contribution in [-0.4, -0.2) is 31.8 Å². The number of nitriles is 1. The molecule has 0 spiro atoms. The first-order chi connectivity index (χ1) is 12.0. The monoisotopic (exact) mass is 355 g/mol. The first-order valence-corrected chi connectivity index (χ1v) is 9.35. The molecule has 0 heterocycles. The van der Waals surface area contributed by atoms with Crippen molar-refractivity contribution in [2.75, 3.05) is 11.3 Å². The van der Waals surface area contributed by atoms with E-state index in [0.29, 0.717) is 11.3 Å². The summed E-state index contributed by atoms with van der Waals surface area (Å²) in [5.74, 6) is -0.246. The summed E-state index contributed by atoms with van der Waals surface area (Å²) in [6.07, 6.45) is 1.81. The summed E-state index contributed by atoms with van der Waals surface area (Å²) in [5, 5.41) is 8.87. The summed E-state index contributed by atoms with van der Waals surface area (Å²) in [7, 11) is -3.72. The Morgan fingerprint density at radius 1 is 1.12 bits per heavy atom. The highest BCUT2D eigenvalue weighted by Gasteiger charge is 2.32. The van der Waals surface area contributed by atoms with Crippen molar-refractivity contribution in [1.29, 1.82) is 5.26 Å². The molecule has 6 nitrogen and oxygen atoms in total. The van der Waals surface area contributed by atoms with Gasteiger partial charge in [-0.15, -0.1) is 0 Å². The summed E-state index contributed by atoms with van der Waals surface area (Å²) in [6, 6.07) is 16.5. The summed E-state index contributed by atoms with van der Waals surface area (Å²) in [4.78, 5) is 14.1. The van der Waals surface area contributed by atoms with Crippen LogP contribution >= 0.6 is 0 Å². The van der Waals surface area contributed by atoms with Crippen LogP contribution in [0.5, 0.6) is 0 Å². The fourth-order valence-electron chi connectivity index (χ4n) is 2.49. The number of amides is 1. The van der Waals surface area contributed by atoms with Gasteiger partial charge in [-0.25, -0.2) is 8.42 Å². The summed E-state index contributed by atoms with van der Waals surface area (Å²) in [6.45, 7) is 0.0408. The fraction of sp³-hybridized carbons (Fsp3) is 0.222. The van der Waals surface area contributed by atoms with Crippen molar-refractivity contribution in [3.8, 4) is 6.07 Å². The molecule has 128 valence electrons. The average Bonchev–Trinajstić information content (AvgIpc) is 3.45. The maximum Gasteiger partial charge on any atom is 0.261 e. The lowest BCUT2D eigenvalue weighted by atomic mass is 10.2. The Kier molecular flexibility index (Phi) is 4.72. The minimum absolute atomic E-state index is 0.0408. The van der Waals surface area contributed by atoms with Gasteiger partial charge >= 0.3 is 0 Å². The van der Waals surface area contributed by atoms with Crippen LogP contribution in [0.4, 0.5) is 5.69 Å². The van der Waals surface area contributed by atoms with Crippen LogP contribution in [0.1, 0.15) is 23.2 Å². The number of nitrogens with zero attached hydrogens (tertiary/aromatic N) is 2. The Morgan fingerprint density at radius 3 is 2.32 bits per heavy atom. The Hall–Kier alpha value is -2.85. The van der Waals surface area contributed by atoms with E-state index in [1.807, 2.05) is 6.07 Å². The molecule has 0 radical (unpaired) electrons. The largest absolute Gasteiger partial charge is 0.322 e. The van der Waals surface area contributed by atoms with Gasteiger partial charge in [-0.3, -0.25) is 9.52 Å². The zero-order valence-corrected chi connectivity index (χ0v) is 14.2. The van der Waals surface area contributed by atoms with E-state index < -0.39 is 10.0 Å². The first-order valence-electron chi connectivity index (χ1n) is 7.87. The van der Waals surface area contributed by atoms with Crippen molar-refractivity contribution in [2.45, 2.75) is 23.8 Å². The minimum atomic E-state index is -3.72. The molecule has 2 aromatic rings. The number of anilines is 1. The van der Waals surface area contributed by atoms with Crippen molar-refractivity contribution in [3.05, 3.63) is 60.2 Å². The summed E-state index contributed by atoms with van der Waals surface area (Å²) < 4.78 is 27.3. The van der Waals surface area contributed by atoms with Crippen LogP contribution in [0.2, 0.25) is 0 Å². The van der Waals surface area contributed by atoms with Gasteiger partial charge in [0.25, 0.3) is 15.9 Å². The number of carbonyl (C=O) groups excluding carboxylic acids is 1. The van der Waals surface area contributed by atoms with Crippen LogP contribution in [0.3, 0.4) is 0 Å². The Morgan fingerprint density at radius 2 is 1.76 bits per heavy atom. The van der Waals surface area contributed by atoms with Gasteiger partial charge in [-0.2, -0.15) is 5.26 Å². The van der Waals surface area contributed by atoms with Gasteiger partial charge in [-0.05, 0) is 49.2 Å². The second kappa shape index (κ2) is 6.95. The van der Waals surface area contributed by atoms with Crippen molar-refractivity contribution < 1.29 is 13.2 Å². The van der Waals surface area contributed by atoms with Gasteiger partial charge in [0.05, 0.1) is 11.0 Å². The zero-order valence-electron chi connectivity index (χ0n) is 13.4. The van der Waals surface area contributed by atoms with Crippen LogP contribution in [0.15, 0.2) is 59.5 Å². The molecule has 0 atom stereocenters. The SMILES string of the molecule is N#CCN(C(=O)c1ccc(S(=O)(=O)Nc2ccccc2)cc1)C1CC1. The number of sulfonamides is 1. The molecular formula is C18H17N3O3S.